The first-order valence-electron chi connectivity index (χ1n) is 5.73. The molecule has 0 aliphatic carbocycles. The van der Waals surface area contributed by atoms with Crippen molar-refractivity contribution in [1.82, 2.24) is 9.78 Å². The zero-order chi connectivity index (χ0) is 13.0. The lowest BCUT2D eigenvalue weighted by Crippen LogP contribution is -2.09. The molecule has 19 heavy (non-hydrogen) atoms. The normalized spacial score (nSPS) is 9.84. The van der Waals surface area contributed by atoms with Crippen molar-refractivity contribution in [2.45, 2.75) is 6.54 Å². The summed E-state index contributed by atoms with van der Waals surface area (Å²) in [5.74, 6) is 1.58. The van der Waals surface area contributed by atoms with Crippen LogP contribution in [0.15, 0.2) is 30.6 Å². The van der Waals surface area contributed by atoms with Crippen LogP contribution in [0.2, 0.25) is 0 Å². The van der Waals surface area contributed by atoms with Crippen molar-refractivity contribution in [3.05, 3.63) is 30.6 Å². The monoisotopic (exact) mass is 283 g/mol. The molecule has 104 valence electrons. The number of nitrogens with two attached hydrogens (primary N) is 1. The molecule has 5 nitrogen and oxygen atoms in total. The molecular weight excluding hydrogens is 266 g/mol. The van der Waals surface area contributed by atoms with Crippen LogP contribution in [0.25, 0.3) is 11.1 Å². The van der Waals surface area contributed by atoms with Crippen molar-refractivity contribution in [3.63, 3.8) is 0 Å². The molecule has 0 atom stereocenters. The van der Waals surface area contributed by atoms with Gasteiger partial charge in [-0.25, -0.2) is 0 Å². The van der Waals surface area contributed by atoms with E-state index in [1.165, 1.54) is 0 Å². The summed E-state index contributed by atoms with van der Waals surface area (Å²) < 4.78 is 12.4. The predicted octanol–water partition coefficient (Wildman–Crippen LogP) is 1.95. The number of benzene rings is 1. The largest absolute Gasteiger partial charge is 0.497 e. The number of halogens is 1. The molecule has 0 aliphatic rings. The van der Waals surface area contributed by atoms with Crippen LogP contribution >= 0.6 is 12.4 Å². The average molecular weight is 284 g/mol. The zero-order valence-corrected chi connectivity index (χ0v) is 11.8. The molecule has 0 saturated carbocycles. The summed E-state index contributed by atoms with van der Waals surface area (Å²) in [6.07, 6.45) is 3.75. The zero-order valence-electron chi connectivity index (χ0n) is 11.0. The minimum absolute atomic E-state index is 0. The number of aromatic nitrogens is 2. The summed E-state index contributed by atoms with van der Waals surface area (Å²) in [6.45, 7) is 1.27. The molecule has 0 radical (unpaired) electrons. The van der Waals surface area contributed by atoms with E-state index in [0.29, 0.717) is 13.1 Å². The standard InChI is InChI=1S/C13H17N3O2.ClH/c1-17-11-3-4-13(18-2)12(7-11)10-8-15-16(9-10)6-5-14;/h3-4,7-9H,5-6,14H2,1-2H3;1H. The quantitative estimate of drug-likeness (QED) is 0.911. The molecule has 1 heterocycles. The van der Waals surface area contributed by atoms with Gasteiger partial charge in [0.1, 0.15) is 11.5 Å². The van der Waals surface area contributed by atoms with Gasteiger partial charge in [0.2, 0.25) is 0 Å². The van der Waals surface area contributed by atoms with E-state index in [-0.39, 0.29) is 12.4 Å². The molecule has 0 unspecified atom stereocenters. The summed E-state index contributed by atoms with van der Waals surface area (Å²) in [5, 5.41) is 4.25. The lowest BCUT2D eigenvalue weighted by atomic mass is 10.1. The van der Waals surface area contributed by atoms with Gasteiger partial charge in [0, 0.05) is 23.9 Å². The van der Waals surface area contributed by atoms with Crippen LogP contribution in [0.4, 0.5) is 0 Å². The Morgan fingerprint density at radius 3 is 2.68 bits per heavy atom. The van der Waals surface area contributed by atoms with E-state index in [1.54, 1.807) is 20.4 Å². The number of ether oxygens (including phenoxy) is 2. The fourth-order valence-corrected chi connectivity index (χ4v) is 1.80. The van der Waals surface area contributed by atoms with Gasteiger partial charge < -0.3 is 15.2 Å². The van der Waals surface area contributed by atoms with Gasteiger partial charge in [-0.1, -0.05) is 0 Å². The highest BCUT2D eigenvalue weighted by molar-refractivity contribution is 5.85. The summed E-state index contributed by atoms with van der Waals surface area (Å²) in [4.78, 5) is 0. The Kier molecular flexibility index (Phi) is 5.66. The van der Waals surface area contributed by atoms with Gasteiger partial charge in [-0.2, -0.15) is 5.10 Å². The molecular formula is C13H18ClN3O2. The number of nitrogens with zero attached hydrogens (tertiary/aromatic N) is 2. The number of hydrogen-bond acceptors (Lipinski definition) is 4. The van der Waals surface area contributed by atoms with E-state index in [1.807, 2.05) is 29.1 Å². The molecule has 0 bridgehead atoms. The third-order valence-corrected chi connectivity index (χ3v) is 2.71. The van der Waals surface area contributed by atoms with E-state index in [0.717, 1.165) is 22.6 Å². The molecule has 0 fully saturated rings. The van der Waals surface area contributed by atoms with Gasteiger partial charge in [-0.3, -0.25) is 4.68 Å². The lowest BCUT2D eigenvalue weighted by molar-refractivity contribution is 0.404. The third-order valence-electron chi connectivity index (χ3n) is 2.71. The Morgan fingerprint density at radius 2 is 2.05 bits per heavy atom. The molecule has 0 amide bonds. The predicted molar refractivity (Wildman–Crippen MR) is 77.1 cm³/mol. The van der Waals surface area contributed by atoms with E-state index in [9.17, 15) is 0 Å². The summed E-state index contributed by atoms with van der Waals surface area (Å²) in [7, 11) is 3.29. The fraction of sp³-hybridized carbons (Fsp3) is 0.308. The van der Waals surface area contributed by atoms with Crippen LogP contribution in [0.1, 0.15) is 0 Å². The van der Waals surface area contributed by atoms with Crippen LogP contribution in [0.5, 0.6) is 11.5 Å². The van der Waals surface area contributed by atoms with Crippen LogP contribution in [0, 0.1) is 0 Å². The topological polar surface area (TPSA) is 62.3 Å². The highest BCUT2D eigenvalue weighted by Gasteiger charge is 2.09. The summed E-state index contributed by atoms with van der Waals surface area (Å²) >= 11 is 0. The third kappa shape index (κ3) is 3.39. The Bertz CT molecular complexity index is 528. The molecule has 2 N–H and O–H groups in total. The second-order valence-electron chi connectivity index (χ2n) is 3.85. The maximum absolute atomic E-state index is 5.50. The molecule has 1 aromatic heterocycles. The highest BCUT2D eigenvalue weighted by atomic mass is 35.5. The second kappa shape index (κ2) is 7.01. The number of methoxy groups -OCH3 is 2. The highest BCUT2D eigenvalue weighted by Crippen LogP contribution is 2.32. The smallest absolute Gasteiger partial charge is 0.127 e. The van der Waals surface area contributed by atoms with Crippen molar-refractivity contribution >= 4 is 12.4 Å². The lowest BCUT2D eigenvalue weighted by Gasteiger charge is -2.08. The van der Waals surface area contributed by atoms with Gasteiger partial charge in [-0.15, -0.1) is 12.4 Å². The molecule has 0 spiro atoms. The van der Waals surface area contributed by atoms with Gasteiger partial charge in [0.25, 0.3) is 0 Å². The maximum atomic E-state index is 5.50. The van der Waals surface area contributed by atoms with Crippen molar-refractivity contribution in [2.75, 3.05) is 20.8 Å². The van der Waals surface area contributed by atoms with Crippen LogP contribution in [-0.4, -0.2) is 30.5 Å². The maximum Gasteiger partial charge on any atom is 0.127 e. The number of hydrogen-bond donors (Lipinski definition) is 1. The first-order chi connectivity index (χ1) is 8.78. The first kappa shape index (κ1) is 15.3. The Balaban J connectivity index is 0.00000180. The van der Waals surface area contributed by atoms with E-state index < -0.39 is 0 Å². The van der Waals surface area contributed by atoms with Gasteiger partial charge in [-0.05, 0) is 18.2 Å². The van der Waals surface area contributed by atoms with Crippen LogP contribution < -0.4 is 15.2 Å². The van der Waals surface area contributed by atoms with Gasteiger partial charge in [0.15, 0.2) is 0 Å². The van der Waals surface area contributed by atoms with Crippen molar-refractivity contribution < 1.29 is 9.47 Å². The average Bonchev–Trinajstić information content (AvgIpc) is 2.87. The number of rotatable bonds is 5. The SMILES string of the molecule is COc1ccc(OC)c(-c2cnn(CCN)c2)c1.Cl. The van der Waals surface area contributed by atoms with Gasteiger partial charge >= 0.3 is 0 Å². The van der Waals surface area contributed by atoms with E-state index in [2.05, 4.69) is 5.10 Å². The summed E-state index contributed by atoms with van der Waals surface area (Å²) in [5.41, 5.74) is 7.45. The fourth-order valence-electron chi connectivity index (χ4n) is 1.80. The minimum atomic E-state index is 0. The van der Waals surface area contributed by atoms with Crippen LogP contribution in [-0.2, 0) is 6.54 Å². The van der Waals surface area contributed by atoms with E-state index in [4.69, 9.17) is 15.2 Å². The molecule has 6 heteroatoms. The second-order valence-corrected chi connectivity index (χ2v) is 3.85. The molecule has 2 rings (SSSR count). The van der Waals surface area contributed by atoms with Crippen molar-refractivity contribution in [2.24, 2.45) is 5.73 Å². The Morgan fingerprint density at radius 1 is 1.26 bits per heavy atom. The Labute approximate surface area is 118 Å². The van der Waals surface area contributed by atoms with E-state index >= 15 is 0 Å². The summed E-state index contributed by atoms with van der Waals surface area (Å²) in [6, 6.07) is 5.68. The van der Waals surface area contributed by atoms with Gasteiger partial charge in [0.05, 0.1) is 27.0 Å². The first-order valence-corrected chi connectivity index (χ1v) is 5.73. The molecule has 1 aromatic carbocycles. The van der Waals surface area contributed by atoms with Crippen LogP contribution in [0.3, 0.4) is 0 Å². The molecule has 2 aromatic rings. The van der Waals surface area contributed by atoms with Crippen molar-refractivity contribution in [1.29, 1.82) is 0 Å². The minimum Gasteiger partial charge on any atom is -0.497 e. The Hall–Kier alpha value is -1.72. The molecule has 0 saturated heterocycles. The molecule has 0 aliphatic heterocycles. The van der Waals surface area contributed by atoms with Crippen molar-refractivity contribution in [3.8, 4) is 22.6 Å².